The molecule has 0 bridgehead atoms. The SMILES string of the molecule is CCCCOc1ccc(C(=O)Nc2nnc(-c3csc(C)n3)o2)cc1. The van der Waals surface area contributed by atoms with Gasteiger partial charge in [-0.05, 0) is 37.6 Å². The molecule has 0 fully saturated rings. The highest BCUT2D eigenvalue weighted by molar-refractivity contribution is 7.09. The molecule has 0 radical (unpaired) electrons. The lowest BCUT2D eigenvalue weighted by molar-refractivity contribution is 0.102. The zero-order chi connectivity index (χ0) is 17.6. The van der Waals surface area contributed by atoms with Crippen molar-refractivity contribution in [2.75, 3.05) is 11.9 Å². The van der Waals surface area contributed by atoms with Crippen molar-refractivity contribution >= 4 is 23.3 Å². The highest BCUT2D eigenvalue weighted by Gasteiger charge is 2.14. The molecule has 8 heteroatoms. The van der Waals surface area contributed by atoms with E-state index in [4.69, 9.17) is 9.15 Å². The van der Waals surface area contributed by atoms with E-state index in [0.29, 0.717) is 17.9 Å². The van der Waals surface area contributed by atoms with Gasteiger partial charge in [0.2, 0.25) is 0 Å². The summed E-state index contributed by atoms with van der Waals surface area (Å²) in [5.41, 5.74) is 1.08. The Hall–Kier alpha value is -2.74. The van der Waals surface area contributed by atoms with Gasteiger partial charge in [-0.3, -0.25) is 10.1 Å². The van der Waals surface area contributed by atoms with Crippen molar-refractivity contribution in [2.45, 2.75) is 26.7 Å². The van der Waals surface area contributed by atoms with Gasteiger partial charge >= 0.3 is 6.01 Å². The van der Waals surface area contributed by atoms with Crippen LogP contribution >= 0.6 is 11.3 Å². The van der Waals surface area contributed by atoms with Crippen molar-refractivity contribution in [3.8, 4) is 17.3 Å². The van der Waals surface area contributed by atoms with Crippen LogP contribution in [0.4, 0.5) is 6.01 Å². The minimum absolute atomic E-state index is 0.0360. The first-order valence-corrected chi connectivity index (χ1v) is 8.84. The van der Waals surface area contributed by atoms with Gasteiger partial charge in [-0.15, -0.1) is 16.4 Å². The lowest BCUT2D eigenvalue weighted by atomic mass is 10.2. The number of nitrogens with zero attached hydrogens (tertiary/aromatic N) is 3. The number of unbranched alkanes of at least 4 members (excludes halogenated alkanes) is 1. The number of hydrogen-bond donors (Lipinski definition) is 1. The van der Waals surface area contributed by atoms with E-state index in [2.05, 4.69) is 27.4 Å². The first-order chi connectivity index (χ1) is 12.2. The van der Waals surface area contributed by atoms with Crippen LogP contribution in [0.2, 0.25) is 0 Å². The summed E-state index contributed by atoms with van der Waals surface area (Å²) < 4.78 is 11.0. The molecule has 2 aromatic heterocycles. The number of hydrogen-bond acceptors (Lipinski definition) is 7. The summed E-state index contributed by atoms with van der Waals surface area (Å²) in [6.45, 7) is 4.67. The third-order valence-corrected chi connectivity index (χ3v) is 4.14. The van der Waals surface area contributed by atoms with Crippen molar-refractivity contribution in [1.82, 2.24) is 15.2 Å². The molecule has 7 nitrogen and oxygen atoms in total. The largest absolute Gasteiger partial charge is 0.494 e. The van der Waals surface area contributed by atoms with E-state index in [9.17, 15) is 4.79 Å². The average Bonchev–Trinajstić information content (AvgIpc) is 3.24. The molecule has 0 saturated carbocycles. The smallest absolute Gasteiger partial charge is 0.322 e. The highest BCUT2D eigenvalue weighted by Crippen LogP contribution is 2.22. The topological polar surface area (TPSA) is 90.1 Å². The maximum absolute atomic E-state index is 12.2. The fourth-order valence-corrected chi connectivity index (χ4v) is 2.63. The number of nitrogens with one attached hydrogen (secondary N) is 1. The van der Waals surface area contributed by atoms with Crippen molar-refractivity contribution in [3.63, 3.8) is 0 Å². The monoisotopic (exact) mass is 358 g/mol. The van der Waals surface area contributed by atoms with Crippen LogP contribution in [0.5, 0.6) is 5.75 Å². The van der Waals surface area contributed by atoms with Gasteiger partial charge in [-0.25, -0.2) is 4.98 Å². The van der Waals surface area contributed by atoms with Crippen molar-refractivity contribution in [3.05, 3.63) is 40.2 Å². The Balaban J connectivity index is 1.61. The zero-order valence-electron chi connectivity index (χ0n) is 14.0. The minimum atomic E-state index is -0.329. The van der Waals surface area contributed by atoms with E-state index >= 15 is 0 Å². The maximum atomic E-state index is 12.2. The Morgan fingerprint density at radius 3 is 2.76 bits per heavy atom. The Morgan fingerprint density at radius 2 is 2.08 bits per heavy atom. The Labute approximate surface area is 149 Å². The van der Waals surface area contributed by atoms with E-state index in [1.165, 1.54) is 11.3 Å². The second-order valence-corrected chi connectivity index (χ2v) is 6.41. The molecular weight excluding hydrogens is 340 g/mol. The van der Waals surface area contributed by atoms with Crippen LogP contribution in [0.1, 0.15) is 35.1 Å². The standard InChI is InChI=1S/C17H18N4O3S/c1-3-4-9-23-13-7-5-12(6-8-13)15(22)19-17-21-20-16(24-17)14-10-25-11(2)18-14/h5-8,10H,3-4,9H2,1-2H3,(H,19,21,22). The normalized spacial score (nSPS) is 10.6. The molecule has 0 atom stereocenters. The van der Waals surface area contributed by atoms with E-state index in [-0.39, 0.29) is 17.8 Å². The Morgan fingerprint density at radius 1 is 1.28 bits per heavy atom. The van der Waals surface area contributed by atoms with E-state index in [0.717, 1.165) is 23.6 Å². The molecule has 3 aromatic rings. The predicted octanol–water partition coefficient (Wildman–Crippen LogP) is 3.93. The second-order valence-electron chi connectivity index (χ2n) is 5.34. The predicted molar refractivity (Wildman–Crippen MR) is 94.9 cm³/mol. The molecule has 0 aliphatic rings. The van der Waals surface area contributed by atoms with Crippen molar-refractivity contribution < 1.29 is 13.9 Å². The summed E-state index contributed by atoms with van der Waals surface area (Å²) in [7, 11) is 0. The van der Waals surface area contributed by atoms with Gasteiger partial charge in [0.1, 0.15) is 11.4 Å². The first-order valence-electron chi connectivity index (χ1n) is 7.96. The van der Waals surface area contributed by atoms with Crippen LogP contribution in [0.3, 0.4) is 0 Å². The molecule has 1 N–H and O–H groups in total. The molecule has 1 amide bonds. The summed E-state index contributed by atoms with van der Waals surface area (Å²) >= 11 is 1.49. The van der Waals surface area contributed by atoms with Crippen LogP contribution in [0, 0.1) is 6.92 Å². The van der Waals surface area contributed by atoms with Crippen LogP contribution in [-0.4, -0.2) is 27.7 Å². The van der Waals surface area contributed by atoms with E-state index in [1.807, 2.05) is 12.3 Å². The summed E-state index contributed by atoms with van der Waals surface area (Å²) in [5, 5.41) is 13.0. The molecule has 0 unspecified atom stereocenters. The molecule has 0 aliphatic carbocycles. The maximum Gasteiger partial charge on any atom is 0.322 e. The van der Waals surface area contributed by atoms with Crippen LogP contribution in [-0.2, 0) is 0 Å². The van der Waals surface area contributed by atoms with Crippen molar-refractivity contribution in [1.29, 1.82) is 0 Å². The van der Waals surface area contributed by atoms with Gasteiger partial charge < -0.3 is 9.15 Å². The molecule has 130 valence electrons. The van der Waals surface area contributed by atoms with Gasteiger partial charge in [0.05, 0.1) is 11.6 Å². The number of aromatic nitrogens is 3. The fraction of sp³-hybridized carbons (Fsp3) is 0.294. The number of amides is 1. The average molecular weight is 358 g/mol. The van der Waals surface area contributed by atoms with Crippen LogP contribution in [0.25, 0.3) is 11.6 Å². The molecule has 25 heavy (non-hydrogen) atoms. The van der Waals surface area contributed by atoms with E-state index < -0.39 is 0 Å². The Bertz CT molecular complexity index is 842. The Kier molecular flexibility index (Phi) is 5.39. The van der Waals surface area contributed by atoms with Gasteiger partial charge in [-0.2, -0.15) is 0 Å². The lowest BCUT2D eigenvalue weighted by Gasteiger charge is -2.06. The quantitative estimate of drug-likeness (QED) is 0.644. The molecular formula is C17H18N4O3S. The van der Waals surface area contributed by atoms with Gasteiger partial charge in [0.15, 0.2) is 0 Å². The number of carbonyl (C=O) groups excluding carboxylic acids is 1. The van der Waals surface area contributed by atoms with Crippen LogP contribution < -0.4 is 10.1 Å². The molecule has 0 spiro atoms. The van der Waals surface area contributed by atoms with Crippen LogP contribution in [0.15, 0.2) is 34.1 Å². The van der Waals surface area contributed by atoms with Crippen molar-refractivity contribution in [2.24, 2.45) is 0 Å². The highest BCUT2D eigenvalue weighted by atomic mass is 32.1. The molecule has 0 aliphatic heterocycles. The molecule has 1 aromatic carbocycles. The number of anilines is 1. The fourth-order valence-electron chi connectivity index (χ4n) is 2.05. The van der Waals surface area contributed by atoms with Gasteiger partial charge in [0.25, 0.3) is 11.8 Å². The lowest BCUT2D eigenvalue weighted by Crippen LogP contribution is -2.12. The molecule has 2 heterocycles. The van der Waals surface area contributed by atoms with E-state index in [1.54, 1.807) is 24.3 Å². The summed E-state index contributed by atoms with van der Waals surface area (Å²) in [5.74, 6) is 0.688. The molecule has 0 saturated heterocycles. The zero-order valence-corrected chi connectivity index (χ0v) is 14.8. The van der Waals surface area contributed by atoms with Gasteiger partial charge in [0, 0.05) is 10.9 Å². The number of benzene rings is 1. The second kappa shape index (κ2) is 7.89. The third kappa shape index (κ3) is 4.42. The number of rotatable bonds is 7. The number of aryl methyl sites for hydroxylation is 1. The third-order valence-electron chi connectivity index (χ3n) is 3.37. The summed E-state index contributed by atoms with van der Waals surface area (Å²) in [4.78, 5) is 16.5. The summed E-state index contributed by atoms with van der Waals surface area (Å²) in [6.07, 6.45) is 2.08. The number of thiazole rings is 1. The number of carbonyl (C=O) groups is 1. The first kappa shape index (κ1) is 17.1. The minimum Gasteiger partial charge on any atom is -0.494 e. The summed E-state index contributed by atoms with van der Waals surface area (Å²) in [6, 6.07) is 6.95. The molecule has 3 rings (SSSR count). The number of ether oxygens (including phenoxy) is 1. The van der Waals surface area contributed by atoms with Gasteiger partial charge in [-0.1, -0.05) is 18.4 Å².